The normalized spacial score (nSPS) is 21.9. The summed E-state index contributed by atoms with van der Waals surface area (Å²) >= 11 is 0. The minimum atomic E-state index is -1.89. The predicted octanol–water partition coefficient (Wildman–Crippen LogP) is 5.66. The zero-order chi connectivity index (χ0) is 23.1. The molecule has 1 aromatic carbocycles. The number of hydrogen-bond donors (Lipinski definition) is 0. The fourth-order valence-electron chi connectivity index (χ4n) is 4.05. The molecule has 0 radical (unpaired) electrons. The third-order valence-corrected chi connectivity index (χ3v) is 11.6. The summed E-state index contributed by atoms with van der Waals surface area (Å²) in [5.41, 5.74) is 0.881. The summed E-state index contributed by atoms with van der Waals surface area (Å²) in [6.45, 7) is 20.2. The van der Waals surface area contributed by atoms with Crippen LogP contribution in [0, 0.1) is 0 Å². The van der Waals surface area contributed by atoms with Gasteiger partial charge in [0.05, 0.1) is 12.6 Å². The molecule has 3 rings (SSSR count). The SMILES string of the molecule is CC(C)(C)OC(=O)N1CC(CO[Si](C)(C)C(C)(C)C)N(Cc2ccccc2)C2(CC2)C1. The number of amides is 1. The fourth-order valence-corrected chi connectivity index (χ4v) is 5.09. The van der Waals surface area contributed by atoms with Crippen molar-refractivity contribution in [3.8, 4) is 0 Å². The van der Waals surface area contributed by atoms with Crippen LogP contribution in [0.1, 0.15) is 59.9 Å². The number of nitrogens with zero attached hydrogens (tertiary/aromatic N) is 2. The highest BCUT2D eigenvalue weighted by Gasteiger charge is 2.55. The standard InChI is InChI=1S/C25H42N2O3Si/c1-23(2,3)30-22(28)26-17-21(18-29-31(7,8)24(4,5)6)27(25(19-26)14-15-25)16-20-12-10-9-11-13-20/h9-13,21H,14-19H2,1-8H3. The molecule has 174 valence electrons. The minimum Gasteiger partial charge on any atom is -0.444 e. The van der Waals surface area contributed by atoms with Crippen LogP contribution >= 0.6 is 0 Å². The number of hydrogen-bond acceptors (Lipinski definition) is 4. The summed E-state index contributed by atoms with van der Waals surface area (Å²) in [4.78, 5) is 17.5. The van der Waals surface area contributed by atoms with Gasteiger partial charge in [-0.3, -0.25) is 4.90 Å². The van der Waals surface area contributed by atoms with Crippen molar-refractivity contribution in [2.45, 2.75) is 96.2 Å². The molecule has 0 N–H and O–H groups in total. The Bertz CT molecular complexity index is 763. The van der Waals surface area contributed by atoms with E-state index in [0.29, 0.717) is 13.2 Å². The molecule has 1 unspecified atom stereocenters. The molecule has 2 aliphatic rings. The molecule has 1 spiro atoms. The number of rotatable bonds is 5. The van der Waals surface area contributed by atoms with Crippen molar-refractivity contribution < 1.29 is 14.0 Å². The van der Waals surface area contributed by atoms with Gasteiger partial charge < -0.3 is 14.1 Å². The summed E-state index contributed by atoms with van der Waals surface area (Å²) in [6, 6.07) is 10.8. The van der Waals surface area contributed by atoms with Crippen LogP contribution in [0.3, 0.4) is 0 Å². The van der Waals surface area contributed by atoms with Gasteiger partial charge in [-0.25, -0.2) is 4.79 Å². The fraction of sp³-hybridized carbons (Fsp3) is 0.720. The second-order valence-corrected chi connectivity index (χ2v) is 16.7. The van der Waals surface area contributed by atoms with Gasteiger partial charge in [-0.15, -0.1) is 0 Å². The highest BCUT2D eigenvalue weighted by atomic mass is 28.4. The van der Waals surface area contributed by atoms with E-state index in [-0.39, 0.29) is 22.7 Å². The summed E-state index contributed by atoms with van der Waals surface area (Å²) in [7, 11) is -1.89. The molecule has 1 saturated heterocycles. The van der Waals surface area contributed by atoms with E-state index in [1.807, 2.05) is 25.7 Å². The van der Waals surface area contributed by atoms with Crippen LogP contribution in [-0.2, 0) is 15.7 Å². The Kier molecular flexibility index (Phi) is 6.67. The lowest BCUT2D eigenvalue weighted by Crippen LogP contribution is -2.63. The largest absolute Gasteiger partial charge is 0.444 e. The molecule has 2 fully saturated rings. The van der Waals surface area contributed by atoms with Gasteiger partial charge in [-0.2, -0.15) is 0 Å². The quantitative estimate of drug-likeness (QED) is 0.547. The number of benzene rings is 1. The molecule has 5 nitrogen and oxygen atoms in total. The summed E-state index contributed by atoms with van der Waals surface area (Å²) in [5.74, 6) is 0. The first-order chi connectivity index (χ1) is 14.2. The maximum Gasteiger partial charge on any atom is 0.410 e. The van der Waals surface area contributed by atoms with Crippen LogP contribution in [-0.4, -0.2) is 61.1 Å². The zero-order valence-corrected chi connectivity index (χ0v) is 21.8. The van der Waals surface area contributed by atoms with Gasteiger partial charge in [0.25, 0.3) is 0 Å². The molecular formula is C25H42N2O3Si. The Morgan fingerprint density at radius 3 is 2.23 bits per heavy atom. The highest BCUT2D eigenvalue weighted by Crippen LogP contribution is 2.47. The number of carbonyl (C=O) groups excluding carboxylic acids is 1. The van der Waals surface area contributed by atoms with Gasteiger partial charge in [0.1, 0.15) is 5.60 Å². The Morgan fingerprint density at radius 1 is 1.10 bits per heavy atom. The van der Waals surface area contributed by atoms with Crippen molar-refractivity contribution >= 4 is 14.4 Å². The van der Waals surface area contributed by atoms with Crippen molar-refractivity contribution in [3.05, 3.63) is 35.9 Å². The van der Waals surface area contributed by atoms with Crippen molar-refractivity contribution in [1.82, 2.24) is 9.80 Å². The number of piperazine rings is 1. The minimum absolute atomic E-state index is 0.0481. The molecule has 1 aliphatic heterocycles. The third kappa shape index (κ3) is 5.91. The van der Waals surface area contributed by atoms with Crippen LogP contribution in [0.5, 0.6) is 0 Å². The van der Waals surface area contributed by atoms with Crippen molar-refractivity contribution in [1.29, 1.82) is 0 Å². The van der Waals surface area contributed by atoms with E-state index >= 15 is 0 Å². The number of ether oxygens (including phenoxy) is 1. The summed E-state index contributed by atoms with van der Waals surface area (Å²) < 4.78 is 12.4. The van der Waals surface area contributed by atoms with E-state index in [0.717, 1.165) is 25.9 Å². The molecule has 0 bridgehead atoms. The van der Waals surface area contributed by atoms with Crippen molar-refractivity contribution in [2.75, 3.05) is 19.7 Å². The Hall–Kier alpha value is -1.37. The maximum atomic E-state index is 13.0. The lowest BCUT2D eigenvalue weighted by Gasteiger charge is -2.49. The molecule has 1 aliphatic carbocycles. The molecule has 1 aromatic rings. The molecule has 1 atom stereocenters. The lowest BCUT2D eigenvalue weighted by molar-refractivity contribution is -0.0348. The zero-order valence-electron chi connectivity index (χ0n) is 20.8. The third-order valence-electron chi connectivity index (χ3n) is 7.08. The molecule has 31 heavy (non-hydrogen) atoms. The summed E-state index contributed by atoms with van der Waals surface area (Å²) in [6.07, 6.45) is 2.04. The van der Waals surface area contributed by atoms with Gasteiger partial charge in [-0.1, -0.05) is 51.1 Å². The predicted molar refractivity (Wildman–Crippen MR) is 129 cm³/mol. The van der Waals surface area contributed by atoms with E-state index in [4.69, 9.17) is 9.16 Å². The Morgan fingerprint density at radius 2 is 1.71 bits per heavy atom. The molecule has 0 aromatic heterocycles. The first-order valence-corrected chi connectivity index (χ1v) is 14.6. The molecule has 1 saturated carbocycles. The first-order valence-electron chi connectivity index (χ1n) is 11.7. The van der Waals surface area contributed by atoms with Crippen LogP contribution in [0.15, 0.2) is 30.3 Å². The van der Waals surface area contributed by atoms with E-state index in [1.54, 1.807) is 0 Å². The van der Waals surface area contributed by atoms with E-state index in [2.05, 4.69) is 69.1 Å². The van der Waals surface area contributed by atoms with Crippen molar-refractivity contribution in [2.24, 2.45) is 0 Å². The van der Waals surface area contributed by atoms with Crippen LogP contribution < -0.4 is 0 Å². The first kappa shape index (κ1) is 24.3. The van der Waals surface area contributed by atoms with E-state index < -0.39 is 13.9 Å². The van der Waals surface area contributed by atoms with Gasteiger partial charge in [0, 0.05) is 25.2 Å². The lowest BCUT2D eigenvalue weighted by atomic mass is 10.0. The number of carbonyl (C=O) groups is 1. The van der Waals surface area contributed by atoms with Crippen LogP contribution in [0.25, 0.3) is 0 Å². The average Bonchev–Trinajstić information content (AvgIpc) is 3.40. The molecule has 1 heterocycles. The van der Waals surface area contributed by atoms with Crippen LogP contribution in [0.4, 0.5) is 4.79 Å². The Balaban J connectivity index is 1.82. The van der Waals surface area contributed by atoms with Gasteiger partial charge in [0.2, 0.25) is 0 Å². The second-order valence-electron chi connectivity index (χ2n) is 11.9. The summed E-state index contributed by atoms with van der Waals surface area (Å²) in [5, 5.41) is 0.161. The van der Waals surface area contributed by atoms with Gasteiger partial charge in [0.15, 0.2) is 8.32 Å². The topological polar surface area (TPSA) is 42.0 Å². The Labute approximate surface area is 190 Å². The monoisotopic (exact) mass is 446 g/mol. The molecule has 6 heteroatoms. The van der Waals surface area contributed by atoms with E-state index in [9.17, 15) is 4.79 Å². The smallest absolute Gasteiger partial charge is 0.410 e. The molecule has 1 amide bonds. The van der Waals surface area contributed by atoms with Crippen LogP contribution in [0.2, 0.25) is 18.1 Å². The second kappa shape index (κ2) is 8.52. The highest BCUT2D eigenvalue weighted by molar-refractivity contribution is 6.74. The average molecular weight is 447 g/mol. The van der Waals surface area contributed by atoms with Gasteiger partial charge >= 0.3 is 6.09 Å². The van der Waals surface area contributed by atoms with E-state index in [1.165, 1.54) is 5.56 Å². The maximum absolute atomic E-state index is 13.0. The van der Waals surface area contributed by atoms with Gasteiger partial charge in [-0.05, 0) is 57.3 Å². The van der Waals surface area contributed by atoms with Crippen molar-refractivity contribution in [3.63, 3.8) is 0 Å². The molecular weight excluding hydrogens is 404 g/mol.